The van der Waals surface area contributed by atoms with Crippen LogP contribution in [0, 0.1) is 0 Å². The molecule has 1 atom stereocenters. The first-order valence-corrected chi connectivity index (χ1v) is 9.04. The average molecular weight is 375 g/mol. The number of esters is 1. The molecule has 2 aliphatic heterocycles. The number of hydrogen-bond acceptors (Lipinski definition) is 6. The Hall–Kier alpha value is -2.58. The van der Waals surface area contributed by atoms with Crippen LogP contribution in [0.1, 0.15) is 18.5 Å². The Bertz CT molecular complexity index is 728. The fourth-order valence-corrected chi connectivity index (χ4v) is 3.31. The molecule has 2 amide bonds. The monoisotopic (exact) mass is 375 g/mol. The smallest absolute Gasteiger partial charge is 0.338 e. The third kappa shape index (κ3) is 4.40. The number of amides is 2. The molecule has 0 unspecified atom stereocenters. The normalized spacial score (nSPS) is 20.7. The van der Waals surface area contributed by atoms with Gasteiger partial charge < -0.3 is 24.8 Å². The van der Waals surface area contributed by atoms with Gasteiger partial charge >= 0.3 is 12.0 Å². The van der Waals surface area contributed by atoms with Crippen molar-refractivity contribution in [3.05, 3.63) is 41.1 Å². The van der Waals surface area contributed by atoms with Gasteiger partial charge in [-0.2, -0.15) is 0 Å². The second kappa shape index (κ2) is 8.88. The zero-order chi connectivity index (χ0) is 19.2. The van der Waals surface area contributed by atoms with Gasteiger partial charge in [-0.05, 0) is 13.0 Å². The fourth-order valence-electron chi connectivity index (χ4n) is 3.31. The molecular formula is C19H25N3O5. The van der Waals surface area contributed by atoms with Crippen molar-refractivity contribution in [3.8, 4) is 5.75 Å². The predicted octanol–water partition coefficient (Wildman–Crippen LogP) is 1.20. The third-order valence-corrected chi connectivity index (χ3v) is 4.58. The van der Waals surface area contributed by atoms with E-state index in [4.69, 9.17) is 14.2 Å². The van der Waals surface area contributed by atoms with E-state index in [0.29, 0.717) is 42.3 Å². The Balaban J connectivity index is 2.02. The first-order valence-electron chi connectivity index (χ1n) is 9.04. The van der Waals surface area contributed by atoms with Crippen LogP contribution in [0.15, 0.2) is 35.5 Å². The number of ether oxygens (including phenoxy) is 3. The lowest BCUT2D eigenvalue weighted by Gasteiger charge is -2.33. The van der Waals surface area contributed by atoms with Crippen LogP contribution in [0.3, 0.4) is 0 Å². The van der Waals surface area contributed by atoms with Crippen LogP contribution in [0.25, 0.3) is 0 Å². The first kappa shape index (κ1) is 19.2. The maximum absolute atomic E-state index is 12.8. The summed E-state index contributed by atoms with van der Waals surface area (Å²) in [5.74, 6) is 0.140. The van der Waals surface area contributed by atoms with E-state index in [9.17, 15) is 9.59 Å². The second-order valence-electron chi connectivity index (χ2n) is 6.27. The highest BCUT2D eigenvalue weighted by atomic mass is 16.5. The molecule has 1 aromatic rings. The van der Waals surface area contributed by atoms with Crippen LogP contribution in [0.2, 0.25) is 0 Å². The molecule has 146 valence electrons. The summed E-state index contributed by atoms with van der Waals surface area (Å²) < 4.78 is 16.1. The van der Waals surface area contributed by atoms with Crippen molar-refractivity contribution in [2.45, 2.75) is 13.0 Å². The van der Waals surface area contributed by atoms with E-state index in [0.717, 1.165) is 13.1 Å². The molecule has 8 heteroatoms. The second-order valence-corrected chi connectivity index (χ2v) is 6.27. The number of hydrogen-bond donors (Lipinski definition) is 2. The van der Waals surface area contributed by atoms with Gasteiger partial charge in [0.25, 0.3) is 0 Å². The van der Waals surface area contributed by atoms with Gasteiger partial charge in [0.15, 0.2) is 0 Å². The van der Waals surface area contributed by atoms with Crippen molar-refractivity contribution < 1.29 is 23.8 Å². The molecular weight excluding hydrogens is 350 g/mol. The molecule has 1 fully saturated rings. The summed E-state index contributed by atoms with van der Waals surface area (Å²) in [7, 11) is 1.56. The van der Waals surface area contributed by atoms with Gasteiger partial charge in [-0.1, -0.05) is 18.2 Å². The number of morpholine rings is 1. The summed E-state index contributed by atoms with van der Waals surface area (Å²) in [6.07, 6.45) is 0. The molecule has 0 spiro atoms. The lowest BCUT2D eigenvalue weighted by molar-refractivity contribution is -0.139. The number of rotatable bonds is 6. The van der Waals surface area contributed by atoms with Crippen molar-refractivity contribution in [2.75, 3.05) is 46.6 Å². The number of methoxy groups -OCH3 is 1. The highest BCUT2D eigenvalue weighted by Crippen LogP contribution is 2.33. The molecule has 0 aromatic heterocycles. The number of urea groups is 1. The Morgan fingerprint density at radius 3 is 2.74 bits per heavy atom. The average Bonchev–Trinajstić information content (AvgIpc) is 2.68. The van der Waals surface area contributed by atoms with Crippen molar-refractivity contribution in [2.24, 2.45) is 0 Å². The topological polar surface area (TPSA) is 89.1 Å². The highest BCUT2D eigenvalue weighted by Gasteiger charge is 2.35. The van der Waals surface area contributed by atoms with Crippen LogP contribution in [0.4, 0.5) is 4.79 Å². The quantitative estimate of drug-likeness (QED) is 0.727. The van der Waals surface area contributed by atoms with Crippen LogP contribution >= 0.6 is 0 Å². The molecule has 2 aliphatic rings. The molecule has 0 radical (unpaired) electrons. The Kier molecular flexibility index (Phi) is 6.31. The van der Waals surface area contributed by atoms with Crippen LogP contribution in [0.5, 0.6) is 5.75 Å². The maximum Gasteiger partial charge on any atom is 0.338 e. The minimum atomic E-state index is -0.648. The van der Waals surface area contributed by atoms with Gasteiger partial charge in [0.05, 0.1) is 38.5 Å². The molecule has 1 saturated heterocycles. The summed E-state index contributed by atoms with van der Waals surface area (Å²) in [4.78, 5) is 27.3. The van der Waals surface area contributed by atoms with Crippen molar-refractivity contribution in [1.82, 2.24) is 15.5 Å². The van der Waals surface area contributed by atoms with Gasteiger partial charge in [-0.25, -0.2) is 9.59 Å². The predicted molar refractivity (Wildman–Crippen MR) is 98.3 cm³/mol. The van der Waals surface area contributed by atoms with E-state index < -0.39 is 12.0 Å². The molecule has 27 heavy (non-hydrogen) atoms. The first-order chi connectivity index (χ1) is 13.1. The third-order valence-electron chi connectivity index (χ3n) is 4.58. The number of nitrogens with zero attached hydrogens (tertiary/aromatic N) is 1. The van der Waals surface area contributed by atoms with Gasteiger partial charge in [0, 0.05) is 30.9 Å². The molecule has 2 heterocycles. The van der Waals surface area contributed by atoms with E-state index in [1.54, 1.807) is 20.1 Å². The van der Waals surface area contributed by atoms with E-state index in [1.807, 2.05) is 18.2 Å². The lowest BCUT2D eigenvalue weighted by Crippen LogP contribution is -2.49. The van der Waals surface area contributed by atoms with Crippen LogP contribution in [-0.2, 0) is 14.3 Å². The summed E-state index contributed by atoms with van der Waals surface area (Å²) >= 11 is 0. The van der Waals surface area contributed by atoms with Crippen molar-refractivity contribution >= 4 is 12.0 Å². The molecule has 8 nitrogen and oxygen atoms in total. The van der Waals surface area contributed by atoms with Crippen LogP contribution < -0.4 is 15.4 Å². The number of nitrogens with one attached hydrogen (secondary N) is 2. The number of para-hydroxylation sites is 1. The summed E-state index contributed by atoms with van der Waals surface area (Å²) in [6.45, 7) is 5.18. The minimum Gasteiger partial charge on any atom is -0.496 e. The van der Waals surface area contributed by atoms with Gasteiger partial charge in [-0.15, -0.1) is 0 Å². The van der Waals surface area contributed by atoms with E-state index in [1.165, 1.54) is 0 Å². The molecule has 2 N–H and O–H groups in total. The fraction of sp³-hybridized carbons (Fsp3) is 0.474. The Morgan fingerprint density at radius 1 is 1.30 bits per heavy atom. The van der Waals surface area contributed by atoms with Gasteiger partial charge in [0.2, 0.25) is 0 Å². The highest BCUT2D eigenvalue weighted by molar-refractivity contribution is 5.95. The molecule has 1 aromatic carbocycles. The minimum absolute atomic E-state index is 0.250. The van der Waals surface area contributed by atoms with Crippen molar-refractivity contribution in [3.63, 3.8) is 0 Å². The number of carbonyl (C=O) groups excluding carboxylic acids is 2. The Morgan fingerprint density at radius 2 is 2.04 bits per heavy atom. The summed E-state index contributed by atoms with van der Waals surface area (Å²) in [6, 6.07) is 6.31. The van der Waals surface area contributed by atoms with E-state index in [-0.39, 0.29) is 12.6 Å². The van der Waals surface area contributed by atoms with Gasteiger partial charge in [-0.3, -0.25) is 4.90 Å². The zero-order valence-corrected chi connectivity index (χ0v) is 15.6. The lowest BCUT2D eigenvalue weighted by atomic mass is 9.94. The standard InChI is InChI=1S/C19H25N3O5/c1-3-27-18(23)16-14(12-22-8-10-26-11-9-22)20-19(24)21-17(16)13-6-4-5-7-15(13)25-2/h4-7,17H,3,8-12H2,1-2H3,(H2,20,21,24)/t17-/m1/s1. The summed E-state index contributed by atoms with van der Waals surface area (Å²) in [5, 5.41) is 5.63. The van der Waals surface area contributed by atoms with Crippen molar-refractivity contribution in [1.29, 1.82) is 0 Å². The summed E-state index contributed by atoms with van der Waals surface area (Å²) in [5.41, 5.74) is 1.65. The largest absolute Gasteiger partial charge is 0.496 e. The van der Waals surface area contributed by atoms with E-state index in [2.05, 4.69) is 15.5 Å². The van der Waals surface area contributed by atoms with Gasteiger partial charge in [0.1, 0.15) is 5.75 Å². The van der Waals surface area contributed by atoms with Crippen LogP contribution in [-0.4, -0.2) is 63.5 Å². The molecule has 0 saturated carbocycles. The molecule has 0 bridgehead atoms. The number of carbonyl (C=O) groups is 2. The SMILES string of the molecule is CCOC(=O)C1=C(CN2CCOCC2)NC(=O)N[C@@H]1c1ccccc1OC. The Labute approximate surface area is 158 Å². The number of benzene rings is 1. The zero-order valence-electron chi connectivity index (χ0n) is 15.6. The molecule has 3 rings (SSSR count). The molecule has 0 aliphatic carbocycles. The maximum atomic E-state index is 12.8. The van der Waals surface area contributed by atoms with E-state index >= 15 is 0 Å².